The molecule has 3 aromatic rings. The number of hydrogen-bond acceptors (Lipinski definition) is 2. The molecule has 4 nitrogen and oxygen atoms in total. The minimum atomic E-state index is 0. The van der Waals surface area contributed by atoms with Crippen LogP contribution >= 0.6 is 35.3 Å². The van der Waals surface area contributed by atoms with E-state index in [0.717, 1.165) is 36.7 Å². The molecule has 0 aliphatic heterocycles. The average Bonchev–Trinajstić information content (AvgIpc) is 3.23. The van der Waals surface area contributed by atoms with Crippen molar-refractivity contribution < 1.29 is 0 Å². The third-order valence-corrected chi connectivity index (χ3v) is 5.06. The van der Waals surface area contributed by atoms with Gasteiger partial charge in [0.2, 0.25) is 0 Å². The minimum absolute atomic E-state index is 0. The first-order chi connectivity index (χ1) is 11.8. The number of rotatable bonds is 6. The zero-order valence-corrected chi connectivity index (χ0v) is 17.8. The molecule has 0 fully saturated rings. The van der Waals surface area contributed by atoms with Gasteiger partial charge in [0.15, 0.2) is 5.96 Å². The van der Waals surface area contributed by atoms with E-state index in [-0.39, 0.29) is 24.0 Å². The molecule has 0 radical (unpaired) electrons. The Labute approximate surface area is 170 Å². The molecule has 0 aliphatic carbocycles. The van der Waals surface area contributed by atoms with E-state index in [0.29, 0.717) is 6.54 Å². The molecule has 0 amide bonds. The lowest BCUT2D eigenvalue weighted by molar-refractivity contribution is 0.820. The van der Waals surface area contributed by atoms with Gasteiger partial charge in [0.1, 0.15) is 0 Å². The van der Waals surface area contributed by atoms with Gasteiger partial charge < -0.3 is 15.6 Å². The number of thiophene rings is 1. The van der Waals surface area contributed by atoms with Crippen LogP contribution in [0.4, 0.5) is 0 Å². The van der Waals surface area contributed by atoms with Crippen LogP contribution < -0.4 is 10.6 Å². The summed E-state index contributed by atoms with van der Waals surface area (Å²) in [6.07, 6.45) is 1.10. The molecule has 1 aromatic carbocycles. The zero-order valence-electron chi connectivity index (χ0n) is 14.6. The predicted molar refractivity (Wildman–Crippen MR) is 119 cm³/mol. The number of fused-ring (bicyclic) bond motifs is 1. The van der Waals surface area contributed by atoms with Crippen LogP contribution in [0.2, 0.25) is 0 Å². The number of nitrogens with one attached hydrogen (secondary N) is 3. The van der Waals surface area contributed by atoms with Gasteiger partial charge >= 0.3 is 0 Å². The number of benzene rings is 1. The second-order valence-electron chi connectivity index (χ2n) is 5.65. The second kappa shape index (κ2) is 9.82. The van der Waals surface area contributed by atoms with Crippen molar-refractivity contribution in [2.24, 2.45) is 4.99 Å². The number of nitrogens with zero attached hydrogens (tertiary/aromatic N) is 1. The molecule has 0 bridgehead atoms. The van der Waals surface area contributed by atoms with Crippen molar-refractivity contribution in [3.63, 3.8) is 0 Å². The normalized spacial score (nSPS) is 11.4. The maximum Gasteiger partial charge on any atom is 0.191 e. The minimum Gasteiger partial charge on any atom is -0.357 e. The molecule has 0 spiro atoms. The smallest absolute Gasteiger partial charge is 0.191 e. The summed E-state index contributed by atoms with van der Waals surface area (Å²) in [5.74, 6) is 0.850. The van der Waals surface area contributed by atoms with Gasteiger partial charge in [-0.2, -0.15) is 0 Å². The van der Waals surface area contributed by atoms with Crippen molar-refractivity contribution in [3.8, 4) is 0 Å². The Balaban J connectivity index is 0.00000225. The summed E-state index contributed by atoms with van der Waals surface area (Å²) in [6.45, 7) is 6.57. The van der Waals surface area contributed by atoms with Crippen molar-refractivity contribution in [2.75, 3.05) is 6.54 Å². The van der Waals surface area contributed by atoms with Gasteiger partial charge in [-0.05, 0) is 43.0 Å². The number of aryl methyl sites for hydroxylation is 1. The number of halogens is 1. The van der Waals surface area contributed by atoms with Crippen molar-refractivity contribution >= 4 is 52.2 Å². The maximum absolute atomic E-state index is 4.69. The summed E-state index contributed by atoms with van der Waals surface area (Å²) in [6, 6.07) is 14.9. The molecule has 3 rings (SSSR count). The van der Waals surface area contributed by atoms with Crippen molar-refractivity contribution in [2.45, 2.75) is 33.4 Å². The summed E-state index contributed by atoms with van der Waals surface area (Å²) in [4.78, 5) is 10.9. The van der Waals surface area contributed by atoms with Crippen molar-refractivity contribution in [1.29, 1.82) is 0 Å². The van der Waals surface area contributed by atoms with E-state index in [4.69, 9.17) is 0 Å². The van der Waals surface area contributed by atoms with E-state index >= 15 is 0 Å². The molecule has 0 aliphatic rings. The predicted octanol–water partition coefficient (Wildman–Crippen LogP) is 4.67. The fraction of sp³-hybridized carbons (Fsp3) is 0.316. The standard InChI is InChI=1S/C19H24N4S.HI/c1-3-16-9-10-17(24-16)13-22-19(20-4-2)21-12-15-11-14-7-5-6-8-18(14)23-15;/h5-11,23H,3-4,12-13H2,1-2H3,(H2,20,21,22);1H. The number of hydrogen-bond donors (Lipinski definition) is 3. The van der Waals surface area contributed by atoms with Crippen LogP contribution in [0, 0.1) is 0 Å². The Morgan fingerprint density at radius 3 is 2.60 bits per heavy atom. The van der Waals surface area contributed by atoms with Gasteiger partial charge in [-0.15, -0.1) is 35.3 Å². The molecule has 0 atom stereocenters. The lowest BCUT2D eigenvalue weighted by Crippen LogP contribution is -2.36. The van der Waals surface area contributed by atoms with Crippen LogP contribution in [-0.2, 0) is 19.5 Å². The molecular weight excluding hydrogens is 443 g/mol. The molecule has 2 aromatic heterocycles. The lowest BCUT2D eigenvalue weighted by atomic mass is 10.2. The van der Waals surface area contributed by atoms with E-state index in [1.165, 1.54) is 15.1 Å². The third kappa shape index (κ3) is 5.47. The molecule has 0 unspecified atom stereocenters. The Morgan fingerprint density at radius 1 is 1.08 bits per heavy atom. The van der Waals surface area contributed by atoms with Gasteiger partial charge in [-0.25, -0.2) is 4.99 Å². The zero-order chi connectivity index (χ0) is 16.8. The lowest BCUT2D eigenvalue weighted by Gasteiger charge is -2.10. The van der Waals surface area contributed by atoms with Crippen LogP contribution in [0.3, 0.4) is 0 Å². The number of guanidine groups is 1. The monoisotopic (exact) mass is 468 g/mol. The van der Waals surface area contributed by atoms with Crippen LogP contribution in [0.5, 0.6) is 0 Å². The van der Waals surface area contributed by atoms with Crippen LogP contribution in [0.1, 0.15) is 29.3 Å². The summed E-state index contributed by atoms with van der Waals surface area (Å²) in [5, 5.41) is 7.95. The summed E-state index contributed by atoms with van der Waals surface area (Å²) in [7, 11) is 0. The first-order valence-electron chi connectivity index (χ1n) is 8.45. The van der Waals surface area contributed by atoms with Gasteiger partial charge in [0, 0.05) is 27.5 Å². The molecule has 2 heterocycles. The van der Waals surface area contributed by atoms with Gasteiger partial charge in [0.25, 0.3) is 0 Å². The fourth-order valence-corrected chi connectivity index (χ4v) is 3.50. The van der Waals surface area contributed by atoms with E-state index in [9.17, 15) is 0 Å². The summed E-state index contributed by atoms with van der Waals surface area (Å²) in [5.41, 5.74) is 2.28. The van der Waals surface area contributed by atoms with Crippen LogP contribution in [0.25, 0.3) is 10.9 Å². The van der Waals surface area contributed by atoms with Crippen molar-refractivity contribution in [3.05, 3.63) is 57.9 Å². The number of aromatic nitrogens is 1. The fourth-order valence-electron chi connectivity index (χ4n) is 2.60. The second-order valence-corrected chi connectivity index (χ2v) is 6.90. The largest absolute Gasteiger partial charge is 0.357 e. The highest BCUT2D eigenvalue weighted by Crippen LogP contribution is 2.17. The molecule has 6 heteroatoms. The topological polar surface area (TPSA) is 52.2 Å². The molecule has 0 saturated carbocycles. The number of H-pyrrole nitrogens is 1. The van der Waals surface area contributed by atoms with Crippen LogP contribution in [-0.4, -0.2) is 17.5 Å². The first kappa shape index (κ1) is 19.8. The highest BCUT2D eigenvalue weighted by Gasteiger charge is 2.03. The molecule has 134 valence electrons. The highest BCUT2D eigenvalue weighted by molar-refractivity contribution is 14.0. The van der Waals surface area contributed by atoms with Crippen molar-refractivity contribution in [1.82, 2.24) is 15.6 Å². The van der Waals surface area contributed by atoms with E-state index in [1.807, 2.05) is 17.4 Å². The Kier molecular flexibility index (Phi) is 7.77. The summed E-state index contributed by atoms with van der Waals surface area (Å²) < 4.78 is 0. The molecular formula is C19H25IN4S. The molecule has 0 saturated heterocycles. The Bertz CT molecular complexity index is 789. The maximum atomic E-state index is 4.69. The Morgan fingerprint density at radius 2 is 1.88 bits per heavy atom. The van der Waals surface area contributed by atoms with E-state index in [2.05, 4.69) is 70.9 Å². The highest BCUT2D eigenvalue weighted by atomic mass is 127. The molecule has 25 heavy (non-hydrogen) atoms. The van der Waals surface area contributed by atoms with E-state index < -0.39 is 0 Å². The summed E-state index contributed by atoms with van der Waals surface area (Å²) >= 11 is 1.86. The third-order valence-electron chi connectivity index (χ3n) is 3.83. The van der Waals surface area contributed by atoms with Gasteiger partial charge in [-0.1, -0.05) is 25.1 Å². The number of aromatic amines is 1. The quantitative estimate of drug-likeness (QED) is 0.280. The van der Waals surface area contributed by atoms with Gasteiger partial charge in [-0.3, -0.25) is 0 Å². The SMILES string of the molecule is CCNC(=NCc1cc2ccccc2[nH]1)NCc1ccc(CC)s1.I. The molecule has 3 N–H and O–H groups in total. The average molecular weight is 468 g/mol. The number of para-hydroxylation sites is 1. The first-order valence-corrected chi connectivity index (χ1v) is 9.26. The van der Waals surface area contributed by atoms with Crippen LogP contribution in [0.15, 0.2) is 47.5 Å². The van der Waals surface area contributed by atoms with Gasteiger partial charge in [0.05, 0.1) is 13.1 Å². The van der Waals surface area contributed by atoms with E-state index in [1.54, 1.807) is 0 Å². The number of aliphatic imine (C=N–C) groups is 1. The Hall–Kier alpha value is -1.54.